The summed E-state index contributed by atoms with van der Waals surface area (Å²) in [7, 11) is 0. The Labute approximate surface area is 107 Å². The summed E-state index contributed by atoms with van der Waals surface area (Å²) in [5.74, 6) is 0.822. The highest BCUT2D eigenvalue weighted by atomic mass is 35.5. The predicted octanol–water partition coefficient (Wildman–Crippen LogP) is 2.92. The van der Waals surface area contributed by atoms with Crippen molar-refractivity contribution < 1.29 is 0 Å². The lowest BCUT2D eigenvalue weighted by molar-refractivity contribution is 0.796. The summed E-state index contributed by atoms with van der Waals surface area (Å²) in [5, 5.41) is 3.32. The molecule has 1 aromatic heterocycles. The molecule has 1 aromatic carbocycles. The van der Waals surface area contributed by atoms with Gasteiger partial charge >= 0.3 is 0 Å². The van der Waals surface area contributed by atoms with Crippen LogP contribution < -0.4 is 5.32 Å². The van der Waals surface area contributed by atoms with Crippen LogP contribution in [0.5, 0.6) is 0 Å². The van der Waals surface area contributed by atoms with Crippen molar-refractivity contribution in [2.45, 2.75) is 12.8 Å². The van der Waals surface area contributed by atoms with E-state index in [1.807, 2.05) is 36.5 Å². The van der Waals surface area contributed by atoms with E-state index in [1.54, 1.807) is 0 Å². The number of nitrogens with one attached hydrogen (secondary N) is 1. The van der Waals surface area contributed by atoms with Crippen LogP contribution in [0.4, 0.5) is 5.69 Å². The summed E-state index contributed by atoms with van der Waals surface area (Å²) in [6.07, 6.45) is 4.09. The van der Waals surface area contributed by atoms with Gasteiger partial charge in [0.25, 0.3) is 0 Å². The fourth-order valence-corrected chi connectivity index (χ4v) is 1.96. The van der Waals surface area contributed by atoms with Gasteiger partial charge in [-0.2, -0.15) is 0 Å². The molecule has 1 N–H and O–H groups in total. The van der Waals surface area contributed by atoms with Gasteiger partial charge in [-0.25, -0.2) is 9.97 Å². The summed E-state index contributed by atoms with van der Waals surface area (Å²) < 4.78 is 0. The lowest BCUT2D eigenvalue weighted by Gasteiger charge is -2.16. The van der Waals surface area contributed by atoms with Gasteiger partial charge in [0, 0.05) is 12.1 Å². The number of hydrogen-bond donors (Lipinski definition) is 1. The highest BCUT2D eigenvalue weighted by Gasteiger charge is 2.11. The summed E-state index contributed by atoms with van der Waals surface area (Å²) in [6.45, 7) is 1.03. The van der Waals surface area contributed by atoms with Crippen LogP contribution in [0.15, 0.2) is 36.5 Å². The molecule has 0 aliphatic carbocycles. The minimum atomic E-state index is 0. The number of nitrogens with zero attached hydrogens (tertiary/aromatic N) is 2. The second kappa shape index (κ2) is 5.15. The first kappa shape index (κ1) is 11.9. The normalized spacial score (nSPS) is 13.2. The van der Waals surface area contributed by atoms with E-state index in [9.17, 15) is 0 Å². The predicted molar refractivity (Wildman–Crippen MR) is 71.5 cm³/mol. The molecule has 0 saturated heterocycles. The van der Waals surface area contributed by atoms with Gasteiger partial charge in [0.15, 0.2) is 5.82 Å². The molecule has 0 amide bonds. The van der Waals surface area contributed by atoms with Crippen molar-refractivity contribution in [2.24, 2.45) is 0 Å². The summed E-state index contributed by atoms with van der Waals surface area (Å²) >= 11 is 0. The van der Waals surface area contributed by atoms with Gasteiger partial charge in [-0.05, 0) is 12.8 Å². The van der Waals surface area contributed by atoms with E-state index in [4.69, 9.17) is 0 Å². The van der Waals surface area contributed by atoms with Gasteiger partial charge in [0.2, 0.25) is 0 Å². The molecule has 0 radical (unpaired) electrons. The molecule has 0 spiro atoms. The zero-order valence-electron chi connectivity index (χ0n) is 9.39. The largest absolute Gasteiger partial charge is 0.382 e. The first-order valence-corrected chi connectivity index (χ1v) is 5.59. The third-order valence-corrected chi connectivity index (χ3v) is 2.81. The first-order valence-electron chi connectivity index (χ1n) is 5.59. The molecular formula is C13H14ClN3. The van der Waals surface area contributed by atoms with Crippen LogP contribution in [0.2, 0.25) is 0 Å². The Balaban J connectivity index is 0.00000108. The highest BCUT2D eigenvalue weighted by Crippen LogP contribution is 2.22. The Morgan fingerprint density at radius 1 is 1.12 bits per heavy atom. The number of anilines is 1. The van der Waals surface area contributed by atoms with Crippen molar-refractivity contribution in [3.8, 4) is 11.4 Å². The van der Waals surface area contributed by atoms with Gasteiger partial charge < -0.3 is 5.32 Å². The Hall–Kier alpha value is -1.61. The Kier molecular flexibility index (Phi) is 3.59. The molecule has 1 aliphatic rings. The summed E-state index contributed by atoms with van der Waals surface area (Å²) in [5.41, 5.74) is 3.31. The van der Waals surface area contributed by atoms with Crippen LogP contribution in [0, 0.1) is 0 Å². The number of halogens is 1. The van der Waals surface area contributed by atoms with Gasteiger partial charge in [-0.15, -0.1) is 12.4 Å². The van der Waals surface area contributed by atoms with Gasteiger partial charge in [-0.1, -0.05) is 30.3 Å². The quantitative estimate of drug-likeness (QED) is 0.842. The van der Waals surface area contributed by atoms with Crippen molar-refractivity contribution >= 4 is 18.1 Å². The van der Waals surface area contributed by atoms with E-state index < -0.39 is 0 Å². The second-order valence-corrected chi connectivity index (χ2v) is 3.95. The second-order valence-electron chi connectivity index (χ2n) is 3.95. The Morgan fingerprint density at radius 3 is 2.76 bits per heavy atom. The van der Waals surface area contributed by atoms with Crippen molar-refractivity contribution in [1.82, 2.24) is 9.97 Å². The molecule has 1 aliphatic heterocycles. The molecule has 0 fully saturated rings. The van der Waals surface area contributed by atoms with E-state index >= 15 is 0 Å². The lowest BCUT2D eigenvalue weighted by atomic mass is 10.1. The maximum absolute atomic E-state index is 4.61. The number of fused-ring (bicyclic) bond motifs is 1. The van der Waals surface area contributed by atoms with E-state index in [-0.39, 0.29) is 12.4 Å². The molecule has 0 unspecified atom stereocenters. The molecule has 0 atom stereocenters. The Bertz CT molecular complexity index is 499. The summed E-state index contributed by atoms with van der Waals surface area (Å²) in [6, 6.07) is 10.1. The molecule has 3 rings (SSSR count). The van der Waals surface area contributed by atoms with E-state index in [1.165, 1.54) is 0 Å². The maximum atomic E-state index is 4.61. The third-order valence-electron chi connectivity index (χ3n) is 2.81. The molecule has 2 aromatic rings. The maximum Gasteiger partial charge on any atom is 0.159 e. The van der Waals surface area contributed by atoms with Crippen LogP contribution in [-0.2, 0) is 6.42 Å². The lowest BCUT2D eigenvalue weighted by Crippen LogP contribution is -2.14. The molecule has 0 saturated carbocycles. The number of aromatic nitrogens is 2. The average molecular weight is 248 g/mol. The number of rotatable bonds is 1. The van der Waals surface area contributed by atoms with E-state index in [0.717, 1.165) is 42.2 Å². The monoisotopic (exact) mass is 247 g/mol. The fourth-order valence-electron chi connectivity index (χ4n) is 1.96. The molecule has 3 nitrogen and oxygen atoms in total. The minimum Gasteiger partial charge on any atom is -0.382 e. The standard InChI is InChI=1S/C13H13N3.ClH/c1-2-5-10(6-3-1)13-15-9-12-11(16-13)7-4-8-14-12;/h1-3,5-6,9,14H,4,7-8H2;1H. The number of aryl methyl sites for hydroxylation is 1. The minimum absolute atomic E-state index is 0. The van der Waals surface area contributed by atoms with Gasteiger partial charge in [0.05, 0.1) is 17.6 Å². The van der Waals surface area contributed by atoms with E-state index in [2.05, 4.69) is 15.3 Å². The van der Waals surface area contributed by atoms with Crippen LogP contribution in [0.1, 0.15) is 12.1 Å². The fraction of sp³-hybridized carbons (Fsp3) is 0.231. The van der Waals surface area contributed by atoms with Crippen molar-refractivity contribution in [3.05, 3.63) is 42.2 Å². The highest BCUT2D eigenvalue weighted by molar-refractivity contribution is 5.85. The average Bonchev–Trinajstić information content (AvgIpc) is 2.39. The third kappa shape index (κ3) is 2.39. The van der Waals surface area contributed by atoms with Crippen LogP contribution in [0.25, 0.3) is 11.4 Å². The molecule has 88 valence electrons. The first-order chi connectivity index (χ1) is 7.93. The molecular weight excluding hydrogens is 234 g/mol. The topological polar surface area (TPSA) is 37.8 Å². The zero-order chi connectivity index (χ0) is 10.8. The van der Waals surface area contributed by atoms with Gasteiger partial charge in [-0.3, -0.25) is 0 Å². The number of hydrogen-bond acceptors (Lipinski definition) is 3. The number of benzene rings is 1. The van der Waals surface area contributed by atoms with Crippen LogP contribution in [0.3, 0.4) is 0 Å². The van der Waals surface area contributed by atoms with Crippen molar-refractivity contribution in [1.29, 1.82) is 0 Å². The van der Waals surface area contributed by atoms with E-state index in [0.29, 0.717) is 0 Å². The smallest absolute Gasteiger partial charge is 0.159 e. The van der Waals surface area contributed by atoms with Gasteiger partial charge in [0.1, 0.15) is 0 Å². The molecule has 4 heteroatoms. The zero-order valence-corrected chi connectivity index (χ0v) is 10.2. The molecule has 2 heterocycles. The SMILES string of the molecule is Cl.c1ccc(-c2ncc3c(n2)CCCN3)cc1. The molecule has 0 bridgehead atoms. The van der Waals surface area contributed by atoms with Crippen molar-refractivity contribution in [3.63, 3.8) is 0 Å². The van der Waals surface area contributed by atoms with Crippen LogP contribution in [-0.4, -0.2) is 16.5 Å². The van der Waals surface area contributed by atoms with Crippen molar-refractivity contribution in [2.75, 3.05) is 11.9 Å². The summed E-state index contributed by atoms with van der Waals surface area (Å²) in [4.78, 5) is 9.00. The molecule has 17 heavy (non-hydrogen) atoms. The van der Waals surface area contributed by atoms with Crippen LogP contribution >= 0.6 is 12.4 Å². The Morgan fingerprint density at radius 2 is 1.94 bits per heavy atom.